The number of hydrogen-bond acceptors (Lipinski definition) is 3. The summed E-state index contributed by atoms with van der Waals surface area (Å²) in [6, 6.07) is 2.29. The number of rotatable bonds is 2. The van der Waals surface area contributed by atoms with E-state index in [2.05, 4.69) is 31.5 Å². The second-order valence-corrected chi connectivity index (χ2v) is 5.35. The Kier molecular flexibility index (Phi) is 4.44. The Morgan fingerprint density at radius 1 is 1.50 bits per heavy atom. The first-order chi connectivity index (χ1) is 7.75. The van der Waals surface area contributed by atoms with Crippen LogP contribution in [0.2, 0.25) is 5.02 Å². The lowest BCUT2D eigenvalue weighted by Gasteiger charge is -2.17. The molecule has 16 heavy (non-hydrogen) atoms. The molecule has 3 nitrogen and oxygen atoms in total. The maximum Gasteiger partial charge on any atom is 0.145 e. The van der Waals surface area contributed by atoms with Crippen molar-refractivity contribution in [3.05, 3.63) is 21.8 Å². The van der Waals surface area contributed by atoms with Gasteiger partial charge in [0, 0.05) is 23.3 Å². The van der Waals surface area contributed by atoms with Crippen LogP contribution in [0.5, 0.6) is 0 Å². The molecule has 1 unspecified atom stereocenters. The van der Waals surface area contributed by atoms with Crippen LogP contribution in [-0.4, -0.2) is 24.1 Å². The highest BCUT2D eigenvalue weighted by atomic mass is 79.9. The van der Waals surface area contributed by atoms with E-state index in [0.717, 1.165) is 23.4 Å². The highest BCUT2D eigenvalue weighted by molar-refractivity contribution is 9.10. The van der Waals surface area contributed by atoms with Crippen LogP contribution < -0.4 is 10.6 Å². The topological polar surface area (TPSA) is 37.0 Å². The van der Waals surface area contributed by atoms with Gasteiger partial charge in [0.25, 0.3) is 0 Å². The first-order valence-corrected chi connectivity index (χ1v) is 6.71. The standard InChI is InChI=1S/C11H15BrClN3/c12-8-5-10(13)11(15-6-8)16-9-3-1-2-4-14-7-9/h5-6,9,14H,1-4,7H2,(H,15,16). The first-order valence-electron chi connectivity index (χ1n) is 5.54. The molecule has 5 heteroatoms. The summed E-state index contributed by atoms with van der Waals surface area (Å²) in [5.41, 5.74) is 0. The number of nitrogens with one attached hydrogen (secondary N) is 2. The first kappa shape index (κ1) is 12.1. The summed E-state index contributed by atoms with van der Waals surface area (Å²) in [7, 11) is 0. The highest BCUT2D eigenvalue weighted by Gasteiger charge is 2.13. The van der Waals surface area contributed by atoms with Crippen LogP contribution in [0, 0.1) is 0 Å². The van der Waals surface area contributed by atoms with Crippen molar-refractivity contribution in [2.24, 2.45) is 0 Å². The van der Waals surface area contributed by atoms with Crippen LogP contribution in [0.25, 0.3) is 0 Å². The van der Waals surface area contributed by atoms with E-state index in [9.17, 15) is 0 Å². The Bertz CT molecular complexity index is 351. The van der Waals surface area contributed by atoms with Gasteiger partial charge in [-0.1, -0.05) is 18.0 Å². The molecular formula is C11H15BrClN3. The minimum atomic E-state index is 0.425. The fourth-order valence-corrected chi connectivity index (χ4v) is 2.54. The van der Waals surface area contributed by atoms with Gasteiger partial charge in [0.05, 0.1) is 5.02 Å². The van der Waals surface area contributed by atoms with Gasteiger partial charge in [-0.3, -0.25) is 0 Å². The molecule has 0 amide bonds. The molecule has 1 aromatic rings. The van der Waals surface area contributed by atoms with Crippen LogP contribution in [0.3, 0.4) is 0 Å². The molecule has 0 saturated carbocycles. The molecule has 1 atom stereocenters. The zero-order chi connectivity index (χ0) is 11.4. The second kappa shape index (κ2) is 5.84. The fourth-order valence-electron chi connectivity index (χ4n) is 1.86. The molecule has 2 N–H and O–H groups in total. The van der Waals surface area contributed by atoms with Crippen molar-refractivity contribution in [2.75, 3.05) is 18.4 Å². The maximum atomic E-state index is 6.11. The van der Waals surface area contributed by atoms with E-state index in [1.54, 1.807) is 6.20 Å². The summed E-state index contributed by atoms with van der Waals surface area (Å²) in [5, 5.41) is 7.46. The van der Waals surface area contributed by atoms with Crippen LogP contribution in [-0.2, 0) is 0 Å². The van der Waals surface area contributed by atoms with Gasteiger partial charge in [0.2, 0.25) is 0 Å². The Morgan fingerprint density at radius 2 is 2.38 bits per heavy atom. The molecule has 0 radical (unpaired) electrons. The molecule has 0 aromatic carbocycles. The summed E-state index contributed by atoms with van der Waals surface area (Å²) >= 11 is 9.46. The number of nitrogens with zero attached hydrogens (tertiary/aromatic N) is 1. The predicted molar refractivity (Wildman–Crippen MR) is 71.1 cm³/mol. The van der Waals surface area contributed by atoms with Gasteiger partial charge < -0.3 is 10.6 Å². The number of aromatic nitrogens is 1. The summed E-state index contributed by atoms with van der Waals surface area (Å²) in [6.45, 7) is 2.09. The molecule has 2 rings (SSSR count). The molecule has 1 aliphatic rings. The van der Waals surface area contributed by atoms with Crippen molar-refractivity contribution in [2.45, 2.75) is 25.3 Å². The van der Waals surface area contributed by atoms with E-state index in [1.165, 1.54) is 19.3 Å². The minimum Gasteiger partial charge on any atom is -0.365 e. The van der Waals surface area contributed by atoms with Crippen LogP contribution >= 0.6 is 27.5 Å². The van der Waals surface area contributed by atoms with Gasteiger partial charge in [0.15, 0.2) is 0 Å². The third kappa shape index (κ3) is 3.34. The fraction of sp³-hybridized carbons (Fsp3) is 0.545. The minimum absolute atomic E-state index is 0.425. The van der Waals surface area contributed by atoms with E-state index in [4.69, 9.17) is 11.6 Å². The van der Waals surface area contributed by atoms with Crippen molar-refractivity contribution in [3.8, 4) is 0 Å². The lowest BCUT2D eigenvalue weighted by molar-refractivity contribution is 0.634. The largest absolute Gasteiger partial charge is 0.365 e. The molecule has 2 heterocycles. The van der Waals surface area contributed by atoms with Gasteiger partial charge in [-0.05, 0) is 41.4 Å². The van der Waals surface area contributed by atoms with Crippen LogP contribution in [0.1, 0.15) is 19.3 Å². The Hall–Kier alpha value is -0.320. The summed E-state index contributed by atoms with van der Waals surface area (Å²) < 4.78 is 0.905. The third-order valence-corrected chi connectivity index (χ3v) is 3.42. The maximum absolute atomic E-state index is 6.11. The van der Waals surface area contributed by atoms with E-state index in [1.807, 2.05) is 6.07 Å². The third-order valence-electron chi connectivity index (χ3n) is 2.70. The normalized spacial score (nSPS) is 21.5. The summed E-state index contributed by atoms with van der Waals surface area (Å²) in [5.74, 6) is 0.776. The van der Waals surface area contributed by atoms with Gasteiger partial charge in [-0.15, -0.1) is 0 Å². The second-order valence-electron chi connectivity index (χ2n) is 4.03. The molecule has 0 aliphatic carbocycles. The van der Waals surface area contributed by atoms with E-state index in [-0.39, 0.29) is 0 Å². The molecule has 0 spiro atoms. The predicted octanol–water partition coefficient (Wildman–Crippen LogP) is 3.05. The van der Waals surface area contributed by atoms with E-state index >= 15 is 0 Å². The average molecular weight is 305 g/mol. The van der Waals surface area contributed by atoms with E-state index < -0.39 is 0 Å². The van der Waals surface area contributed by atoms with Crippen LogP contribution in [0.4, 0.5) is 5.82 Å². The number of halogens is 2. The molecule has 1 fully saturated rings. The molecule has 88 valence electrons. The Balaban J connectivity index is 2.01. The average Bonchev–Trinajstić information content (AvgIpc) is 2.51. The van der Waals surface area contributed by atoms with Crippen LogP contribution in [0.15, 0.2) is 16.7 Å². The monoisotopic (exact) mass is 303 g/mol. The van der Waals surface area contributed by atoms with Crippen molar-refractivity contribution >= 4 is 33.3 Å². The molecule has 1 aromatic heterocycles. The Labute approximate surface area is 109 Å². The quantitative estimate of drug-likeness (QED) is 0.882. The lowest BCUT2D eigenvalue weighted by atomic mass is 10.1. The van der Waals surface area contributed by atoms with Crippen molar-refractivity contribution in [3.63, 3.8) is 0 Å². The van der Waals surface area contributed by atoms with Gasteiger partial charge >= 0.3 is 0 Å². The zero-order valence-electron chi connectivity index (χ0n) is 8.97. The van der Waals surface area contributed by atoms with Gasteiger partial charge in [0.1, 0.15) is 5.82 Å². The summed E-state index contributed by atoms with van der Waals surface area (Å²) in [6.07, 6.45) is 5.43. The number of anilines is 1. The van der Waals surface area contributed by atoms with E-state index in [0.29, 0.717) is 11.1 Å². The SMILES string of the molecule is Clc1cc(Br)cnc1NC1CCCCNC1. The number of hydrogen-bond donors (Lipinski definition) is 2. The summed E-state index contributed by atoms with van der Waals surface area (Å²) in [4.78, 5) is 4.28. The van der Waals surface area contributed by atoms with Crippen molar-refractivity contribution in [1.29, 1.82) is 0 Å². The smallest absolute Gasteiger partial charge is 0.145 e. The Morgan fingerprint density at radius 3 is 3.19 bits per heavy atom. The lowest BCUT2D eigenvalue weighted by Crippen LogP contribution is -2.31. The molecule has 1 aliphatic heterocycles. The highest BCUT2D eigenvalue weighted by Crippen LogP contribution is 2.24. The molecular weight excluding hydrogens is 289 g/mol. The van der Waals surface area contributed by atoms with Crippen molar-refractivity contribution in [1.82, 2.24) is 10.3 Å². The van der Waals surface area contributed by atoms with Gasteiger partial charge in [-0.2, -0.15) is 0 Å². The van der Waals surface area contributed by atoms with Gasteiger partial charge in [-0.25, -0.2) is 4.98 Å². The van der Waals surface area contributed by atoms with Crippen molar-refractivity contribution < 1.29 is 0 Å². The number of pyridine rings is 1. The molecule has 0 bridgehead atoms. The molecule has 1 saturated heterocycles. The zero-order valence-corrected chi connectivity index (χ0v) is 11.3.